The molecule has 114 valence electrons. The predicted octanol–water partition coefficient (Wildman–Crippen LogP) is 0.975. The molecule has 1 saturated heterocycles. The molecule has 0 spiro atoms. The number of carbonyl (C=O) groups excluding carboxylic acids is 2. The first-order valence-corrected chi connectivity index (χ1v) is 6.64. The number of carboxylic acids is 1. The molecule has 0 aromatic rings. The Morgan fingerprint density at radius 1 is 1.35 bits per heavy atom. The Morgan fingerprint density at radius 2 is 1.95 bits per heavy atom. The third kappa shape index (κ3) is 4.40. The van der Waals surface area contributed by atoms with Gasteiger partial charge in [-0.1, -0.05) is 0 Å². The second-order valence-electron chi connectivity index (χ2n) is 5.90. The average Bonchev–Trinajstić information content (AvgIpc) is 2.73. The van der Waals surface area contributed by atoms with Crippen LogP contribution >= 0.6 is 0 Å². The van der Waals surface area contributed by atoms with Crippen LogP contribution in [0.3, 0.4) is 0 Å². The Balaban J connectivity index is 2.59. The van der Waals surface area contributed by atoms with Crippen molar-refractivity contribution in [3.05, 3.63) is 0 Å². The fourth-order valence-corrected chi connectivity index (χ4v) is 2.08. The van der Waals surface area contributed by atoms with Gasteiger partial charge in [0.25, 0.3) is 0 Å². The molecular formula is C13H22N2O5. The van der Waals surface area contributed by atoms with Crippen LogP contribution in [0.4, 0.5) is 4.79 Å². The van der Waals surface area contributed by atoms with E-state index in [0.717, 1.165) is 0 Å². The molecule has 7 nitrogen and oxygen atoms in total. The number of likely N-dealkylation sites (tertiary alicyclic amines) is 1. The highest BCUT2D eigenvalue weighted by Gasteiger charge is 2.36. The van der Waals surface area contributed by atoms with E-state index in [1.807, 2.05) is 0 Å². The maximum absolute atomic E-state index is 12.2. The molecule has 1 aliphatic heterocycles. The maximum atomic E-state index is 12.2. The molecule has 0 aromatic heterocycles. The lowest BCUT2D eigenvalue weighted by atomic mass is 10.2. The average molecular weight is 286 g/mol. The molecule has 20 heavy (non-hydrogen) atoms. The van der Waals surface area contributed by atoms with Gasteiger partial charge in [-0.25, -0.2) is 9.59 Å². The van der Waals surface area contributed by atoms with Gasteiger partial charge in [0.15, 0.2) is 0 Å². The molecular weight excluding hydrogens is 264 g/mol. The maximum Gasteiger partial charge on any atom is 0.408 e. The third-order valence-electron chi connectivity index (χ3n) is 2.92. The predicted molar refractivity (Wildman–Crippen MR) is 71.2 cm³/mol. The zero-order chi connectivity index (χ0) is 15.5. The molecule has 0 aliphatic carbocycles. The summed E-state index contributed by atoms with van der Waals surface area (Å²) in [5, 5.41) is 11.5. The largest absolute Gasteiger partial charge is 0.480 e. The Morgan fingerprint density at radius 3 is 2.45 bits per heavy atom. The summed E-state index contributed by atoms with van der Waals surface area (Å²) in [6, 6.07) is -1.62. The number of ether oxygens (including phenoxy) is 1. The van der Waals surface area contributed by atoms with Gasteiger partial charge in [-0.3, -0.25) is 4.79 Å². The molecule has 1 heterocycles. The van der Waals surface area contributed by atoms with Crippen molar-refractivity contribution in [1.29, 1.82) is 0 Å². The Kier molecular flexibility index (Phi) is 4.97. The van der Waals surface area contributed by atoms with Crippen LogP contribution < -0.4 is 5.32 Å². The van der Waals surface area contributed by atoms with E-state index in [0.29, 0.717) is 19.4 Å². The van der Waals surface area contributed by atoms with E-state index in [-0.39, 0.29) is 0 Å². The smallest absolute Gasteiger partial charge is 0.408 e. The summed E-state index contributed by atoms with van der Waals surface area (Å²) < 4.78 is 5.06. The molecule has 0 aromatic carbocycles. The fraction of sp³-hybridized carbons (Fsp3) is 0.769. The lowest BCUT2D eigenvalue weighted by molar-refractivity contribution is -0.148. The van der Waals surface area contributed by atoms with Gasteiger partial charge in [-0.05, 0) is 40.5 Å². The number of hydrogen-bond acceptors (Lipinski definition) is 4. The molecule has 2 amide bonds. The number of amides is 2. The van der Waals surface area contributed by atoms with Gasteiger partial charge >= 0.3 is 12.1 Å². The van der Waals surface area contributed by atoms with Crippen LogP contribution in [0.5, 0.6) is 0 Å². The Hall–Kier alpha value is -1.79. The van der Waals surface area contributed by atoms with Crippen molar-refractivity contribution in [3.63, 3.8) is 0 Å². The highest BCUT2D eigenvalue weighted by atomic mass is 16.6. The summed E-state index contributed by atoms with van der Waals surface area (Å²) in [6.07, 6.45) is 0.409. The fourth-order valence-electron chi connectivity index (χ4n) is 2.08. The first-order valence-electron chi connectivity index (χ1n) is 6.64. The van der Waals surface area contributed by atoms with Crippen molar-refractivity contribution in [2.24, 2.45) is 0 Å². The zero-order valence-electron chi connectivity index (χ0n) is 12.3. The van der Waals surface area contributed by atoms with Crippen molar-refractivity contribution < 1.29 is 24.2 Å². The molecule has 2 N–H and O–H groups in total. The zero-order valence-corrected chi connectivity index (χ0v) is 12.3. The number of alkyl carbamates (subject to hydrolysis) is 1. The van der Waals surface area contributed by atoms with Crippen molar-refractivity contribution in [1.82, 2.24) is 10.2 Å². The summed E-state index contributed by atoms with van der Waals surface area (Å²) in [5.41, 5.74) is -0.649. The lowest BCUT2D eigenvalue weighted by Gasteiger charge is -2.26. The molecule has 0 radical (unpaired) electrons. The van der Waals surface area contributed by atoms with Crippen LogP contribution in [0, 0.1) is 0 Å². The highest BCUT2D eigenvalue weighted by Crippen LogP contribution is 2.18. The van der Waals surface area contributed by atoms with Crippen molar-refractivity contribution in [2.45, 2.75) is 58.2 Å². The normalized spacial score (nSPS) is 20.4. The molecule has 1 fully saturated rings. The summed E-state index contributed by atoms with van der Waals surface area (Å²) in [7, 11) is 0. The number of hydrogen-bond donors (Lipinski definition) is 2. The molecule has 2 atom stereocenters. The molecule has 0 bridgehead atoms. The SMILES string of the molecule is C[C@@H](NC(=O)OC(C)(C)C)C(=O)N1CCC[C@H]1C(=O)O. The van der Waals surface area contributed by atoms with Gasteiger partial charge in [0.05, 0.1) is 0 Å². The number of nitrogens with one attached hydrogen (secondary N) is 1. The number of carbonyl (C=O) groups is 3. The van der Waals surface area contributed by atoms with Crippen molar-refractivity contribution in [2.75, 3.05) is 6.54 Å². The van der Waals surface area contributed by atoms with Crippen molar-refractivity contribution in [3.8, 4) is 0 Å². The molecule has 1 aliphatic rings. The minimum atomic E-state index is -1.01. The molecule has 0 saturated carbocycles. The molecule has 7 heteroatoms. The number of aliphatic carboxylic acids is 1. The van der Waals surface area contributed by atoms with Gasteiger partial charge in [0.2, 0.25) is 5.91 Å². The second-order valence-corrected chi connectivity index (χ2v) is 5.90. The first-order chi connectivity index (χ1) is 9.11. The van der Waals surface area contributed by atoms with Gasteiger partial charge in [-0.15, -0.1) is 0 Å². The van der Waals surface area contributed by atoms with Gasteiger partial charge < -0.3 is 20.1 Å². The van der Waals surface area contributed by atoms with E-state index in [4.69, 9.17) is 9.84 Å². The summed E-state index contributed by atoms with van der Waals surface area (Å²) in [5.74, 6) is -1.42. The van der Waals surface area contributed by atoms with Crippen LogP contribution in [-0.2, 0) is 14.3 Å². The molecule has 1 rings (SSSR count). The highest BCUT2D eigenvalue weighted by molar-refractivity contribution is 5.89. The third-order valence-corrected chi connectivity index (χ3v) is 2.92. The van der Waals surface area contributed by atoms with E-state index < -0.39 is 35.7 Å². The summed E-state index contributed by atoms with van der Waals surface area (Å²) in [6.45, 7) is 7.08. The van der Waals surface area contributed by atoms with Crippen molar-refractivity contribution >= 4 is 18.0 Å². The van der Waals surface area contributed by atoms with E-state index in [9.17, 15) is 14.4 Å². The standard InChI is InChI=1S/C13H22N2O5/c1-8(14-12(19)20-13(2,3)4)10(16)15-7-5-6-9(15)11(17)18/h8-9H,5-7H2,1-4H3,(H,14,19)(H,17,18)/t8-,9+/m1/s1. The van der Waals surface area contributed by atoms with Crippen LogP contribution in [0.2, 0.25) is 0 Å². The summed E-state index contributed by atoms with van der Waals surface area (Å²) >= 11 is 0. The van der Waals surface area contributed by atoms with E-state index in [1.54, 1.807) is 20.8 Å². The number of carboxylic acid groups (broad SMARTS) is 1. The summed E-state index contributed by atoms with van der Waals surface area (Å²) in [4.78, 5) is 36.1. The topological polar surface area (TPSA) is 95.9 Å². The number of nitrogens with zero attached hydrogens (tertiary/aromatic N) is 1. The Bertz CT molecular complexity index is 402. The second kappa shape index (κ2) is 6.11. The van der Waals surface area contributed by atoms with Crippen LogP contribution in [0.25, 0.3) is 0 Å². The lowest BCUT2D eigenvalue weighted by Crippen LogP contribution is -2.51. The van der Waals surface area contributed by atoms with Gasteiger partial charge in [0.1, 0.15) is 17.7 Å². The Labute approximate surface area is 118 Å². The molecule has 0 unspecified atom stereocenters. The van der Waals surface area contributed by atoms with Crippen LogP contribution in [0.15, 0.2) is 0 Å². The quantitative estimate of drug-likeness (QED) is 0.806. The van der Waals surface area contributed by atoms with E-state index >= 15 is 0 Å². The van der Waals surface area contributed by atoms with E-state index in [1.165, 1.54) is 11.8 Å². The first kappa shape index (κ1) is 16.3. The van der Waals surface area contributed by atoms with Gasteiger partial charge in [0, 0.05) is 6.54 Å². The van der Waals surface area contributed by atoms with E-state index in [2.05, 4.69) is 5.32 Å². The van der Waals surface area contributed by atoms with Crippen LogP contribution in [-0.4, -0.2) is 52.2 Å². The minimum Gasteiger partial charge on any atom is -0.480 e. The number of rotatable bonds is 3. The minimum absolute atomic E-state index is 0.399. The van der Waals surface area contributed by atoms with Gasteiger partial charge in [-0.2, -0.15) is 0 Å². The monoisotopic (exact) mass is 286 g/mol. The van der Waals surface area contributed by atoms with Crippen LogP contribution in [0.1, 0.15) is 40.5 Å².